The van der Waals surface area contributed by atoms with Gasteiger partial charge in [-0.1, -0.05) is 30.3 Å². The van der Waals surface area contributed by atoms with E-state index in [1.54, 1.807) is 23.5 Å². The van der Waals surface area contributed by atoms with E-state index in [0.29, 0.717) is 18.9 Å². The van der Waals surface area contributed by atoms with E-state index in [1.165, 1.54) is 17.7 Å². The maximum atomic E-state index is 12.9. The highest BCUT2D eigenvalue weighted by Crippen LogP contribution is 2.17. The van der Waals surface area contributed by atoms with Gasteiger partial charge in [-0.15, -0.1) is 11.3 Å². The van der Waals surface area contributed by atoms with Crippen LogP contribution in [-0.2, 0) is 19.6 Å². The molecule has 1 heterocycles. The Balaban J connectivity index is 1.51. The first-order valence-electron chi connectivity index (χ1n) is 9.01. The Kier molecular flexibility index (Phi) is 7.33. The molecular formula is C21H24FN3OS. The van der Waals surface area contributed by atoms with Gasteiger partial charge in [-0.25, -0.2) is 9.37 Å². The maximum absolute atomic E-state index is 12.9. The molecule has 0 atom stereocenters. The van der Waals surface area contributed by atoms with Crippen molar-refractivity contribution in [2.24, 2.45) is 5.73 Å². The third-order valence-corrected chi connectivity index (χ3v) is 5.04. The summed E-state index contributed by atoms with van der Waals surface area (Å²) in [5, 5.41) is 2.97. The molecule has 0 bridgehead atoms. The Morgan fingerprint density at radius 1 is 1.04 bits per heavy atom. The number of rotatable bonds is 10. The van der Waals surface area contributed by atoms with Crippen molar-refractivity contribution in [3.63, 3.8) is 0 Å². The van der Waals surface area contributed by atoms with E-state index in [2.05, 4.69) is 39.5 Å². The number of nitrogens with two attached hydrogens (primary N) is 1. The van der Waals surface area contributed by atoms with E-state index in [4.69, 9.17) is 10.5 Å². The van der Waals surface area contributed by atoms with E-state index in [9.17, 15) is 4.39 Å². The van der Waals surface area contributed by atoms with E-state index >= 15 is 0 Å². The summed E-state index contributed by atoms with van der Waals surface area (Å²) in [6, 6.07) is 16.5. The lowest BCUT2D eigenvalue weighted by Crippen LogP contribution is -2.31. The van der Waals surface area contributed by atoms with Crippen LogP contribution in [0.3, 0.4) is 0 Å². The van der Waals surface area contributed by atoms with Crippen molar-refractivity contribution in [2.75, 3.05) is 19.6 Å². The normalized spacial score (nSPS) is 11.1. The minimum Gasteiger partial charge on any atom is -0.486 e. The number of benzene rings is 2. The SMILES string of the molecule is NCCN(CCc1ccccc1)Cc1csc(COc2ccc(F)cc2)n1. The van der Waals surface area contributed by atoms with E-state index in [-0.39, 0.29) is 5.82 Å². The summed E-state index contributed by atoms with van der Waals surface area (Å²) in [5.74, 6) is 0.371. The van der Waals surface area contributed by atoms with Crippen molar-refractivity contribution >= 4 is 11.3 Å². The molecule has 3 aromatic rings. The molecular weight excluding hydrogens is 361 g/mol. The van der Waals surface area contributed by atoms with Gasteiger partial charge in [0.15, 0.2) is 0 Å². The predicted octanol–water partition coefficient (Wildman–Crippen LogP) is 3.86. The Labute approximate surface area is 163 Å². The smallest absolute Gasteiger partial charge is 0.140 e. The Hall–Kier alpha value is -2.28. The van der Waals surface area contributed by atoms with Crippen LogP contribution in [0.5, 0.6) is 5.75 Å². The van der Waals surface area contributed by atoms with E-state index in [0.717, 1.165) is 36.8 Å². The Bertz CT molecular complexity index is 808. The molecule has 0 aliphatic rings. The second-order valence-corrected chi connectivity index (χ2v) is 7.22. The summed E-state index contributed by atoms with van der Waals surface area (Å²) in [6.45, 7) is 3.57. The number of thiazole rings is 1. The third kappa shape index (κ3) is 6.43. The van der Waals surface area contributed by atoms with Gasteiger partial charge in [0.1, 0.15) is 23.2 Å². The quantitative estimate of drug-likeness (QED) is 0.576. The van der Waals surface area contributed by atoms with Crippen LogP contribution >= 0.6 is 11.3 Å². The second-order valence-electron chi connectivity index (χ2n) is 6.28. The molecule has 2 aromatic carbocycles. The molecule has 0 unspecified atom stereocenters. The molecule has 0 fully saturated rings. The fourth-order valence-corrected chi connectivity index (χ4v) is 3.47. The average Bonchev–Trinajstić information content (AvgIpc) is 3.14. The number of hydrogen-bond donors (Lipinski definition) is 1. The van der Waals surface area contributed by atoms with Gasteiger partial charge in [-0.3, -0.25) is 4.90 Å². The first-order chi connectivity index (χ1) is 13.2. The van der Waals surface area contributed by atoms with Crippen molar-refractivity contribution < 1.29 is 9.13 Å². The summed E-state index contributed by atoms with van der Waals surface area (Å²) in [5.41, 5.74) is 8.13. The first kappa shape index (κ1) is 19.5. The fourth-order valence-electron chi connectivity index (χ4n) is 2.78. The molecule has 6 heteroatoms. The molecule has 0 saturated heterocycles. The standard InChI is InChI=1S/C21H24FN3OS/c22-18-6-8-20(9-7-18)26-15-21-24-19(16-27-21)14-25(13-11-23)12-10-17-4-2-1-3-5-17/h1-9,16H,10-15,23H2. The van der Waals surface area contributed by atoms with Crippen molar-refractivity contribution in [3.05, 3.63) is 82.1 Å². The van der Waals surface area contributed by atoms with Gasteiger partial charge in [0.25, 0.3) is 0 Å². The van der Waals surface area contributed by atoms with Crippen LogP contribution in [0.15, 0.2) is 60.0 Å². The van der Waals surface area contributed by atoms with Crippen molar-refractivity contribution in [1.29, 1.82) is 0 Å². The summed E-state index contributed by atoms with van der Waals surface area (Å²) in [7, 11) is 0. The van der Waals surface area contributed by atoms with E-state index in [1.807, 2.05) is 6.07 Å². The van der Waals surface area contributed by atoms with Gasteiger partial charge >= 0.3 is 0 Å². The number of aromatic nitrogens is 1. The molecule has 27 heavy (non-hydrogen) atoms. The summed E-state index contributed by atoms with van der Waals surface area (Å²) in [6.07, 6.45) is 0.992. The molecule has 0 aliphatic carbocycles. The number of ether oxygens (including phenoxy) is 1. The monoisotopic (exact) mass is 385 g/mol. The largest absolute Gasteiger partial charge is 0.486 e. The molecule has 0 aliphatic heterocycles. The molecule has 1 aromatic heterocycles. The highest BCUT2D eigenvalue weighted by molar-refractivity contribution is 7.09. The molecule has 2 N–H and O–H groups in total. The minimum atomic E-state index is -0.269. The molecule has 4 nitrogen and oxygen atoms in total. The molecule has 0 saturated carbocycles. The van der Waals surface area contributed by atoms with Crippen LogP contribution in [0.4, 0.5) is 4.39 Å². The van der Waals surface area contributed by atoms with Crippen LogP contribution in [0.25, 0.3) is 0 Å². The van der Waals surface area contributed by atoms with Gasteiger partial charge in [-0.2, -0.15) is 0 Å². The number of hydrogen-bond acceptors (Lipinski definition) is 5. The molecule has 0 radical (unpaired) electrons. The lowest BCUT2D eigenvalue weighted by molar-refractivity contribution is 0.272. The Morgan fingerprint density at radius 3 is 2.56 bits per heavy atom. The topological polar surface area (TPSA) is 51.4 Å². The van der Waals surface area contributed by atoms with Gasteiger partial charge in [0.05, 0.1) is 5.69 Å². The van der Waals surface area contributed by atoms with Crippen molar-refractivity contribution in [1.82, 2.24) is 9.88 Å². The minimum absolute atomic E-state index is 0.269. The molecule has 0 spiro atoms. The van der Waals surface area contributed by atoms with Crippen molar-refractivity contribution in [3.8, 4) is 5.75 Å². The van der Waals surface area contributed by atoms with E-state index < -0.39 is 0 Å². The highest BCUT2D eigenvalue weighted by Gasteiger charge is 2.09. The van der Waals surface area contributed by atoms with Crippen LogP contribution in [0, 0.1) is 5.82 Å². The highest BCUT2D eigenvalue weighted by atomic mass is 32.1. The maximum Gasteiger partial charge on any atom is 0.140 e. The van der Waals surface area contributed by atoms with Crippen LogP contribution in [-0.4, -0.2) is 29.5 Å². The zero-order valence-corrected chi connectivity index (χ0v) is 16.0. The zero-order valence-electron chi connectivity index (χ0n) is 15.2. The molecule has 3 rings (SSSR count). The van der Waals surface area contributed by atoms with Crippen LogP contribution in [0.1, 0.15) is 16.3 Å². The lowest BCUT2D eigenvalue weighted by Gasteiger charge is -2.20. The van der Waals surface area contributed by atoms with Crippen LogP contribution in [0.2, 0.25) is 0 Å². The summed E-state index contributed by atoms with van der Waals surface area (Å²) >= 11 is 1.58. The predicted molar refractivity (Wildman–Crippen MR) is 107 cm³/mol. The summed E-state index contributed by atoms with van der Waals surface area (Å²) < 4.78 is 18.6. The van der Waals surface area contributed by atoms with Gasteiger partial charge in [-0.05, 0) is 36.2 Å². The number of halogens is 1. The summed E-state index contributed by atoms with van der Waals surface area (Å²) in [4.78, 5) is 6.98. The first-order valence-corrected chi connectivity index (χ1v) is 9.89. The van der Waals surface area contributed by atoms with Gasteiger partial charge < -0.3 is 10.5 Å². The van der Waals surface area contributed by atoms with Crippen LogP contribution < -0.4 is 10.5 Å². The van der Waals surface area contributed by atoms with Gasteiger partial charge in [0.2, 0.25) is 0 Å². The molecule has 0 amide bonds. The fraction of sp³-hybridized carbons (Fsp3) is 0.286. The second kappa shape index (κ2) is 10.2. The zero-order chi connectivity index (χ0) is 18.9. The lowest BCUT2D eigenvalue weighted by atomic mass is 10.1. The molecule has 142 valence electrons. The average molecular weight is 386 g/mol. The Morgan fingerprint density at radius 2 is 1.81 bits per heavy atom. The van der Waals surface area contributed by atoms with Crippen molar-refractivity contribution in [2.45, 2.75) is 19.6 Å². The number of nitrogens with zero attached hydrogens (tertiary/aromatic N) is 2. The van der Waals surface area contributed by atoms with Gasteiger partial charge in [0, 0.05) is 31.6 Å². The third-order valence-electron chi connectivity index (χ3n) is 4.17.